The van der Waals surface area contributed by atoms with E-state index in [0.717, 1.165) is 198 Å². The van der Waals surface area contributed by atoms with Gasteiger partial charge in [-0.05, 0) is 197 Å². The number of nitrogens with zero attached hydrogens (tertiary/aromatic N) is 22. The smallest absolute Gasteiger partial charge is 0.230 e. The van der Waals surface area contributed by atoms with Crippen LogP contribution in [-0.2, 0) is 26.2 Å². The first-order valence-corrected chi connectivity index (χ1v) is 47.9. The highest BCUT2D eigenvalue weighted by Crippen LogP contribution is 2.45. The van der Waals surface area contributed by atoms with E-state index in [4.69, 9.17) is 19.9 Å². The average molecular weight is 1810 g/mol. The van der Waals surface area contributed by atoms with E-state index >= 15 is 0 Å². The summed E-state index contributed by atoms with van der Waals surface area (Å²) < 4.78 is 9.45. The van der Waals surface area contributed by atoms with Gasteiger partial charge in [0.2, 0.25) is 23.8 Å². The summed E-state index contributed by atoms with van der Waals surface area (Å²) >= 11 is 0. The maximum Gasteiger partial charge on any atom is 0.230 e. The van der Waals surface area contributed by atoms with Crippen LogP contribution in [-0.4, -0.2) is 191 Å². The lowest BCUT2D eigenvalue weighted by atomic mass is 9.87. The lowest BCUT2D eigenvalue weighted by Gasteiger charge is -2.31. The van der Waals surface area contributed by atoms with E-state index in [2.05, 4.69) is 150 Å². The Bertz CT molecular complexity index is 6540. The van der Waals surface area contributed by atoms with Crippen LogP contribution in [0, 0.1) is 23.7 Å². The van der Waals surface area contributed by atoms with Crippen molar-refractivity contribution in [1.82, 2.24) is 118 Å². The predicted molar refractivity (Wildman–Crippen MR) is 516 cm³/mol. The third-order valence-corrected chi connectivity index (χ3v) is 28.8. The van der Waals surface area contributed by atoms with Gasteiger partial charge in [0.1, 0.15) is 70.3 Å². The first kappa shape index (κ1) is 88.1. The summed E-state index contributed by atoms with van der Waals surface area (Å²) in [4.78, 5) is 78.4. The molecule has 134 heavy (non-hydrogen) atoms. The SMILES string of the molecule is CC1CCC(n2c3cnccc3c3cnc(Nc4ccc5c(n4)[C@@H](O)CN(CCO)C5)nc32)CC1.CC1CCC(n2c3cnccc3c3cnc(Nc4ccc5c(n4)[C@@H](O)CNC5)nc32)CC1.CC1CCC(n2c3cnccc3c3cnc(Nc4ccc5c(n4)[C@H](O)CN(CCO)C5)nc32)CC1.CC1CCC(n2c3cnccc3c3cnc(Nc4ccc5c(n4)[C@H](O)CNC5)nc32)CC1. The van der Waals surface area contributed by atoms with Crippen molar-refractivity contribution in [2.75, 3.05) is 73.7 Å². The molecule has 12 N–H and O–H groups in total. The van der Waals surface area contributed by atoms with Gasteiger partial charge in [-0.2, -0.15) is 19.9 Å². The van der Waals surface area contributed by atoms with E-state index in [1.54, 1.807) is 0 Å². The molecule has 0 amide bonds. The number of aromatic nitrogens is 20. The summed E-state index contributed by atoms with van der Waals surface area (Å²) in [5.74, 6) is 7.58. The highest BCUT2D eigenvalue weighted by molar-refractivity contribution is 6.09. The molecule has 34 nitrogen and oxygen atoms in total. The number of β-amino-alcohol motifs (C(OH)–C–C–N with tert-alkyl or cyclic N) is 6. The van der Waals surface area contributed by atoms with Crippen LogP contribution in [0.4, 0.5) is 47.1 Å². The van der Waals surface area contributed by atoms with E-state index in [1.807, 2.05) is 145 Å². The molecule has 34 heteroatoms. The van der Waals surface area contributed by atoms with Crippen molar-refractivity contribution in [2.24, 2.45) is 23.7 Å². The highest BCUT2D eigenvalue weighted by Gasteiger charge is 2.34. The van der Waals surface area contributed by atoms with Crippen LogP contribution in [0.2, 0.25) is 0 Å². The van der Waals surface area contributed by atoms with Gasteiger partial charge >= 0.3 is 0 Å². The highest BCUT2D eigenvalue weighted by atomic mass is 16.3. The van der Waals surface area contributed by atoms with Gasteiger partial charge in [-0.3, -0.25) is 29.7 Å². The number of hydrogen-bond donors (Lipinski definition) is 12. The zero-order valence-corrected chi connectivity index (χ0v) is 76.1. The van der Waals surface area contributed by atoms with E-state index < -0.39 is 24.4 Å². The molecular weight excluding hydrogens is 1690 g/mol. The normalized spacial score (nSPS) is 23.2. The number of pyridine rings is 8. The largest absolute Gasteiger partial charge is 0.395 e. The molecule has 0 spiro atoms. The topological polar surface area (TPSA) is 426 Å². The first-order valence-electron chi connectivity index (χ1n) is 47.9. The number of nitrogens with one attached hydrogen (secondary N) is 6. The molecule has 24 rings (SSSR count). The van der Waals surface area contributed by atoms with Crippen LogP contribution in [0.15, 0.2) is 147 Å². The lowest BCUT2D eigenvalue weighted by molar-refractivity contribution is 0.0768. The zero-order chi connectivity index (χ0) is 91.2. The van der Waals surface area contributed by atoms with Gasteiger partial charge in [0.05, 0.1) is 82.8 Å². The fourth-order valence-corrected chi connectivity index (χ4v) is 21.6. The standard InChI is InChI=1S/2C26H31N7O2.2C24H27N7O/c2*1-16-2-5-18(6-3-16)33-21-13-27-9-8-19(21)20-12-28-26(31-25(20)33)30-23-7-4-17-14-32(10-11-34)15-22(35)24(17)29-23;2*1-14-2-5-16(6-3-14)31-19-12-25-9-8-17(19)18-11-27-24(30-23(18)31)29-21-7-4-15-10-26-13-20(32)22(15)28-21/h2*4,7-9,12-13,16,18,22,34-35H,2-3,5-6,10-11,14-15H2,1H3,(H,28,29,30,31);2*4,7-9,11-12,14,16,20,26,32H,2-3,5-6,10,13H2,1H3,(H,27,28,29,30)/t2*16?,18?,22-;2*14?,16?,20-/m1010/s1. The number of anilines is 8. The number of rotatable bonds is 16. The molecule has 0 aromatic carbocycles. The molecule has 4 atom stereocenters. The predicted octanol–water partition coefficient (Wildman–Crippen LogP) is 15.4. The molecule has 16 aromatic rings. The minimum absolute atomic E-state index is 0.0711. The Morgan fingerprint density at radius 2 is 0.567 bits per heavy atom. The quantitative estimate of drug-likeness (QED) is 0.0427. The van der Waals surface area contributed by atoms with Crippen molar-refractivity contribution in [2.45, 2.75) is 205 Å². The van der Waals surface area contributed by atoms with Crippen LogP contribution in [0.5, 0.6) is 0 Å². The Morgan fingerprint density at radius 3 is 0.836 bits per heavy atom. The first-order chi connectivity index (χ1) is 65.5. The lowest BCUT2D eigenvalue weighted by Crippen LogP contribution is -2.36. The third-order valence-electron chi connectivity index (χ3n) is 28.8. The van der Waals surface area contributed by atoms with E-state index in [-0.39, 0.29) is 13.2 Å². The van der Waals surface area contributed by atoms with Crippen molar-refractivity contribution >= 4 is 135 Å². The molecule has 4 fully saturated rings. The van der Waals surface area contributed by atoms with E-state index in [0.29, 0.717) is 146 Å². The van der Waals surface area contributed by atoms with Crippen molar-refractivity contribution in [3.05, 3.63) is 192 Å². The van der Waals surface area contributed by atoms with Crippen LogP contribution >= 0.6 is 0 Å². The molecule has 0 saturated heterocycles. The van der Waals surface area contributed by atoms with Crippen molar-refractivity contribution < 1.29 is 30.6 Å². The molecule has 20 heterocycles. The Kier molecular flexibility index (Phi) is 25.3. The molecule has 8 aliphatic rings. The second-order valence-electron chi connectivity index (χ2n) is 38.1. The van der Waals surface area contributed by atoms with E-state index in [9.17, 15) is 30.6 Å². The summed E-state index contributed by atoms with van der Waals surface area (Å²) in [6, 6.07) is 25.4. The van der Waals surface area contributed by atoms with Gasteiger partial charge in [-0.15, -0.1) is 0 Å². The minimum Gasteiger partial charge on any atom is -0.395 e. The van der Waals surface area contributed by atoms with E-state index in [1.165, 1.54) is 51.4 Å². The van der Waals surface area contributed by atoms with Gasteiger partial charge in [-0.1, -0.05) is 52.0 Å². The Hall–Kier alpha value is -12.5. The van der Waals surface area contributed by atoms with Gasteiger partial charge < -0.3 is 80.8 Å². The Morgan fingerprint density at radius 1 is 0.306 bits per heavy atom. The zero-order valence-electron chi connectivity index (χ0n) is 76.1. The van der Waals surface area contributed by atoms with Crippen molar-refractivity contribution in [3.63, 3.8) is 0 Å². The molecule has 4 aliphatic carbocycles. The maximum absolute atomic E-state index is 10.6. The van der Waals surface area contributed by atoms with Crippen molar-refractivity contribution in [1.29, 1.82) is 0 Å². The average Bonchev–Trinajstić information content (AvgIpc) is 1.61. The second kappa shape index (κ2) is 38.5. The molecule has 16 aromatic heterocycles. The number of aliphatic hydroxyl groups is 6. The summed E-state index contributed by atoms with van der Waals surface area (Å²) in [6.45, 7) is 15.3. The minimum atomic E-state index is -0.695. The summed E-state index contributed by atoms with van der Waals surface area (Å²) in [5.41, 5.74) is 14.9. The molecule has 0 radical (unpaired) electrons. The molecule has 0 unspecified atom stereocenters. The molecule has 4 aliphatic heterocycles. The van der Waals surface area contributed by atoms with Crippen LogP contribution in [0.3, 0.4) is 0 Å². The second-order valence-corrected chi connectivity index (χ2v) is 38.1. The van der Waals surface area contributed by atoms with Crippen LogP contribution < -0.4 is 31.9 Å². The molecule has 0 bridgehead atoms. The van der Waals surface area contributed by atoms with Crippen LogP contribution in [0.25, 0.3) is 87.7 Å². The fourth-order valence-electron chi connectivity index (χ4n) is 21.6. The van der Waals surface area contributed by atoms with Crippen LogP contribution in [0.1, 0.15) is 224 Å². The van der Waals surface area contributed by atoms with Gasteiger partial charge in [0, 0.05) is 182 Å². The fraction of sp³-hybridized carbons (Fsp3) is 0.440. The maximum atomic E-state index is 10.6. The summed E-state index contributed by atoms with van der Waals surface area (Å²) in [6.07, 6.45) is 39.0. The van der Waals surface area contributed by atoms with Gasteiger partial charge in [-0.25, -0.2) is 39.9 Å². The number of aliphatic hydroxyl groups excluding tert-OH is 6. The third kappa shape index (κ3) is 18.0. The summed E-state index contributed by atoms with van der Waals surface area (Å²) in [7, 11) is 0. The molecule has 692 valence electrons. The number of fused-ring (bicyclic) bond motifs is 16. The summed E-state index contributed by atoms with van der Waals surface area (Å²) in [5, 5.41) is 88.3. The molecular formula is C100H116N28O6. The Labute approximate surface area is 774 Å². The number of hydrogen-bond acceptors (Lipinski definition) is 30. The van der Waals surface area contributed by atoms with Crippen molar-refractivity contribution in [3.8, 4) is 0 Å². The molecule has 4 saturated carbocycles. The van der Waals surface area contributed by atoms with Gasteiger partial charge in [0.25, 0.3) is 0 Å². The monoisotopic (exact) mass is 1800 g/mol. The van der Waals surface area contributed by atoms with Gasteiger partial charge in [0.15, 0.2) is 0 Å². The Balaban J connectivity index is 0.000000107.